The van der Waals surface area contributed by atoms with Crippen molar-refractivity contribution in [2.75, 3.05) is 12.0 Å². The summed E-state index contributed by atoms with van der Waals surface area (Å²) in [6.45, 7) is 4.50. The van der Waals surface area contributed by atoms with Crippen molar-refractivity contribution in [3.8, 4) is 0 Å². The van der Waals surface area contributed by atoms with Crippen molar-refractivity contribution in [1.29, 1.82) is 0 Å². The molecular weight excluding hydrogens is 271 g/mol. The van der Waals surface area contributed by atoms with Gasteiger partial charge in [-0.3, -0.25) is 0 Å². The number of halogens is 2. The first-order valence-electron chi connectivity index (χ1n) is 5.84. The number of thioether (sulfide) groups is 1. The zero-order valence-corrected chi connectivity index (χ0v) is 12.3. The lowest BCUT2D eigenvalue weighted by molar-refractivity contribution is 0.620. The van der Waals surface area contributed by atoms with Gasteiger partial charge in [-0.2, -0.15) is 11.8 Å². The van der Waals surface area contributed by atoms with E-state index in [2.05, 4.69) is 15.8 Å². The molecule has 0 saturated heterocycles. The van der Waals surface area contributed by atoms with Crippen LogP contribution in [0.1, 0.15) is 23.7 Å². The second kappa shape index (κ2) is 5.49. The highest BCUT2D eigenvalue weighted by atomic mass is 35.5. The van der Waals surface area contributed by atoms with Crippen LogP contribution in [0.5, 0.6) is 0 Å². The van der Waals surface area contributed by atoms with Crippen LogP contribution in [-0.4, -0.2) is 21.6 Å². The molecule has 0 aliphatic heterocycles. The molecule has 2 aromatic rings. The average molecular weight is 287 g/mol. The summed E-state index contributed by atoms with van der Waals surface area (Å²) in [4.78, 5) is 4.45. The van der Waals surface area contributed by atoms with Crippen LogP contribution in [-0.2, 0) is 6.54 Å². The molecule has 1 aromatic heterocycles. The molecule has 1 heterocycles. The fraction of sp³-hybridized carbons (Fsp3) is 0.462. The highest BCUT2D eigenvalue weighted by molar-refractivity contribution is 7.98. The lowest BCUT2D eigenvalue weighted by Gasteiger charge is -2.09. The molecule has 1 atom stereocenters. The largest absolute Gasteiger partial charge is 0.326 e. The monoisotopic (exact) mass is 286 g/mol. The van der Waals surface area contributed by atoms with Crippen molar-refractivity contribution in [2.45, 2.75) is 25.8 Å². The van der Waals surface area contributed by atoms with Gasteiger partial charge in [-0.1, -0.05) is 0 Å². The third-order valence-corrected chi connectivity index (χ3v) is 3.72. The van der Waals surface area contributed by atoms with Gasteiger partial charge in [-0.15, -0.1) is 11.6 Å². The maximum atomic E-state index is 13.6. The molecule has 0 aliphatic carbocycles. The van der Waals surface area contributed by atoms with Crippen molar-refractivity contribution in [1.82, 2.24) is 9.55 Å². The summed E-state index contributed by atoms with van der Waals surface area (Å²) in [6, 6.07) is 3.34. The van der Waals surface area contributed by atoms with Crippen molar-refractivity contribution >= 4 is 34.4 Å². The van der Waals surface area contributed by atoms with E-state index in [1.807, 2.05) is 13.0 Å². The van der Waals surface area contributed by atoms with Gasteiger partial charge in [0.25, 0.3) is 0 Å². The molecule has 0 aliphatic rings. The number of alkyl halides is 1. The van der Waals surface area contributed by atoms with Gasteiger partial charge >= 0.3 is 0 Å². The number of nitrogens with zero attached hydrogens (tertiary/aromatic N) is 2. The Balaban J connectivity index is 2.61. The van der Waals surface area contributed by atoms with Crippen molar-refractivity contribution in [2.24, 2.45) is 0 Å². The Hall–Kier alpha value is -0.740. The minimum Gasteiger partial charge on any atom is -0.326 e. The van der Waals surface area contributed by atoms with E-state index in [0.29, 0.717) is 11.1 Å². The molecule has 1 aromatic carbocycles. The highest BCUT2D eigenvalue weighted by Gasteiger charge is 2.16. The third kappa shape index (κ3) is 2.50. The molecule has 0 radical (unpaired) electrons. The topological polar surface area (TPSA) is 17.8 Å². The Labute approximate surface area is 116 Å². The Kier molecular flexibility index (Phi) is 4.17. The Bertz CT molecular complexity index is 566. The summed E-state index contributed by atoms with van der Waals surface area (Å²) in [5.41, 5.74) is 2.29. The van der Waals surface area contributed by atoms with E-state index >= 15 is 0 Å². The minimum absolute atomic E-state index is 0.178. The first-order valence-corrected chi connectivity index (χ1v) is 7.67. The Morgan fingerprint density at radius 2 is 2.22 bits per heavy atom. The van der Waals surface area contributed by atoms with Crippen molar-refractivity contribution in [3.05, 3.63) is 29.3 Å². The number of aryl methyl sites for hydroxylation is 2. The molecule has 98 valence electrons. The third-order valence-electron chi connectivity index (χ3n) is 2.93. The van der Waals surface area contributed by atoms with Crippen LogP contribution in [0.2, 0.25) is 0 Å². The van der Waals surface area contributed by atoms with Crippen LogP contribution in [0.25, 0.3) is 11.0 Å². The van der Waals surface area contributed by atoms with Gasteiger partial charge in [-0.05, 0) is 31.7 Å². The smallest absolute Gasteiger partial charge is 0.128 e. The average Bonchev–Trinajstić information content (AvgIpc) is 2.65. The van der Waals surface area contributed by atoms with Gasteiger partial charge in [0.2, 0.25) is 0 Å². The van der Waals surface area contributed by atoms with Crippen molar-refractivity contribution < 1.29 is 4.39 Å². The molecule has 1 unspecified atom stereocenters. The molecule has 0 amide bonds. The van der Waals surface area contributed by atoms with E-state index in [1.165, 1.54) is 6.07 Å². The number of fused-ring (bicyclic) bond motifs is 1. The molecule has 0 bridgehead atoms. The van der Waals surface area contributed by atoms with Gasteiger partial charge in [-0.25, -0.2) is 9.37 Å². The summed E-state index contributed by atoms with van der Waals surface area (Å²) in [5.74, 6) is 1.58. The van der Waals surface area contributed by atoms with E-state index < -0.39 is 0 Å². The SMILES string of the molecule is CSCCn1c(C(C)Cl)nc2cc(F)c(C)cc21. The summed E-state index contributed by atoms with van der Waals surface area (Å²) in [7, 11) is 0. The van der Waals surface area contributed by atoms with Gasteiger partial charge in [0.1, 0.15) is 11.6 Å². The van der Waals surface area contributed by atoms with Crippen LogP contribution in [0.4, 0.5) is 4.39 Å². The molecule has 0 spiro atoms. The molecule has 2 rings (SSSR count). The zero-order chi connectivity index (χ0) is 13.3. The number of benzene rings is 1. The first kappa shape index (κ1) is 13.7. The second-order valence-electron chi connectivity index (χ2n) is 4.32. The van der Waals surface area contributed by atoms with E-state index in [1.54, 1.807) is 18.7 Å². The van der Waals surface area contributed by atoms with E-state index in [-0.39, 0.29) is 11.2 Å². The van der Waals surface area contributed by atoms with Crippen LogP contribution < -0.4 is 0 Å². The molecule has 0 saturated carbocycles. The zero-order valence-electron chi connectivity index (χ0n) is 10.7. The predicted molar refractivity (Wildman–Crippen MR) is 77.1 cm³/mol. The predicted octanol–water partition coefficient (Wildman–Crippen LogP) is 4.15. The lowest BCUT2D eigenvalue weighted by atomic mass is 10.2. The molecule has 2 nitrogen and oxygen atoms in total. The van der Waals surface area contributed by atoms with E-state index in [9.17, 15) is 4.39 Å². The van der Waals surface area contributed by atoms with Gasteiger partial charge < -0.3 is 4.57 Å². The number of hydrogen-bond donors (Lipinski definition) is 0. The minimum atomic E-state index is -0.217. The van der Waals surface area contributed by atoms with Crippen LogP contribution in [0.15, 0.2) is 12.1 Å². The maximum absolute atomic E-state index is 13.6. The number of imidazole rings is 1. The molecule has 0 fully saturated rings. The van der Waals surface area contributed by atoms with Crippen LogP contribution in [0, 0.1) is 12.7 Å². The number of rotatable bonds is 4. The van der Waals surface area contributed by atoms with Gasteiger partial charge in [0.05, 0.1) is 16.4 Å². The summed E-state index contributed by atoms with van der Waals surface area (Å²) >= 11 is 7.92. The van der Waals surface area contributed by atoms with Crippen LogP contribution >= 0.6 is 23.4 Å². The lowest BCUT2D eigenvalue weighted by Crippen LogP contribution is -2.06. The fourth-order valence-electron chi connectivity index (χ4n) is 1.99. The summed E-state index contributed by atoms with van der Waals surface area (Å²) in [6.07, 6.45) is 2.06. The molecule has 0 N–H and O–H groups in total. The number of aromatic nitrogens is 2. The Morgan fingerprint density at radius 1 is 1.50 bits per heavy atom. The summed E-state index contributed by atoms with van der Waals surface area (Å²) < 4.78 is 15.6. The van der Waals surface area contributed by atoms with E-state index in [4.69, 9.17) is 11.6 Å². The van der Waals surface area contributed by atoms with E-state index in [0.717, 1.165) is 23.6 Å². The number of hydrogen-bond acceptors (Lipinski definition) is 2. The van der Waals surface area contributed by atoms with Crippen molar-refractivity contribution in [3.63, 3.8) is 0 Å². The summed E-state index contributed by atoms with van der Waals surface area (Å²) in [5, 5.41) is -0.178. The fourth-order valence-corrected chi connectivity index (χ4v) is 2.52. The van der Waals surface area contributed by atoms with Gasteiger partial charge in [0, 0.05) is 18.4 Å². The highest BCUT2D eigenvalue weighted by Crippen LogP contribution is 2.26. The normalized spacial score (nSPS) is 13.2. The second-order valence-corrected chi connectivity index (χ2v) is 5.96. The van der Waals surface area contributed by atoms with Gasteiger partial charge in [0.15, 0.2) is 0 Å². The maximum Gasteiger partial charge on any atom is 0.128 e. The van der Waals surface area contributed by atoms with Crippen LogP contribution in [0.3, 0.4) is 0 Å². The standard InChI is InChI=1S/C13H16ClFN2S/c1-8-6-12-11(7-10(8)15)16-13(9(2)14)17(12)4-5-18-3/h6-7,9H,4-5H2,1-3H3. The molecular formula is C13H16ClFN2S. The molecule has 18 heavy (non-hydrogen) atoms. The quantitative estimate of drug-likeness (QED) is 0.786. The Morgan fingerprint density at radius 3 is 2.83 bits per heavy atom. The first-order chi connectivity index (χ1) is 8.54. The molecule has 5 heteroatoms.